The lowest BCUT2D eigenvalue weighted by molar-refractivity contribution is -0.146. The van der Waals surface area contributed by atoms with Crippen LogP contribution in [0.4, 0.5) is 4.39 Å². The third kappa shape index (κ3) is 3.79. The summed E-state index contributed by atoms with van der Waals surface area (Å²) in [6, 6.07) is 16.8. The molecule has 2 aliphatic rings. The minimum Gasteiger partial charge on any atom is -0.365 e. The summed E-state index contributed by atoms with van der Waals surface area (Å²) in [6.07, 6.45) is 1.84. The number of amides is 1. The van der Waals surface area contributed by atoms with Crippen LogP contribution in [0.15, 0.2) is 54.6 Å². The number of hydrogen-bond donors (Lipinski definition) is 1. The normalized spacial score (nSPS) is 23.6. The number of carbonyl (C=O) groups is 1. The van der Waals surface area contributed by atoms with E-state index in [1.54, 1.807) is 12.1 Å². The van der Waals surface area contributed by atoms with E-state index < -0.39 is 6.10 Å². The molecule has 1 N–H and O–H groups in total. The summed E-state index contributed by atoms with van der Waals surface area (Å²) in [7, 11) is 0. The van der Waals surface area contributed by atoms with E-state index in [0.29, 0.717) is 19.2 Å². The van der Waals surface area contributed by atoms with Gasteiger partial charge in [0.05, 0.1) is 12.6 Å². The predicted octanol–water partition coefficient (Wildman–Crippen LogP) is 3.05. The van der Waals surface area contributed by atoms with Crippen molar-refractivity contribution >= 4 is 5.91 Å². The van der Waals surface area contributed by atoms with Crippen molar-refractivity contribution in [1.29, 1.82) is 0 Å². The summed E-state index contributed by atoms with van der Waals surface area (Å²) < 4.78 is 18.9. The average molecular weight is 354 g/mol. The quantitative estimate of drug-likeness (QED) is 0.897. The molecule has 1 saturated heterocycles. The molecule has 5 heteroatoms. The van der Waals surface area contributed by atoms with Crippen LogP contribution in [-0.2, 0) is 16.1 Å². The van der Waals surface area contributed by atoms with Crippen molar-refractivity contribution in [2.75, 3.05) is 13.2 Å². The standard InChI is InChI=1S/C21H23FN2O2/c22-17-8-6-15(7-9-17)14-23-21(25)20-19(16-4-2-1-3-5-16)24(12-13-26-20)18-10-11-18/h1-9,18-20H,10-14H2,(H,23,25)/t19-,20+/m0/s1. The molecule has 0 spiro atoms. The number of nitrogens with one attached hydrogen (secondary N) is 1. The largest absolute Gasteiger partial charge is 0.365 e. The van der Waals surface area contributed by atoms with E-state index in [1.807, 2.05) is 18.2 Å². The lowest BCUT2D eigenvalue weighted by Crippen LogP contribution is -2.52. The number of carbonyl (C=O) groups excluding carboxylic acids is 1. The van der Waals surface area contributed by atoms with Gasteiger partial charge in [0.15, 0.2) is 6.10 Å². The fraction of sp³-hybridized carbons (Fsp3) is 0.381. The van der Waals surface area contributed by atoms with Crippen LogP contribution in [0.25, 0.3) is 0 Å². The van der Waals surface area contributed by atoms with Crippen molar-refractivity contribution in [2.24, 2.45) is 0 Å². The number of halogens is 1. The van der Waals surface area contributed by atoms with Crippen LogP contribution in [0.3, 0.4) is 0 Å². The molecule has 136 valence electrons. The van der Waals surface area contributed by atoms with Crippen LogP contribution in [0.5, 0.6) is 0 Å². The second-order valence-corrected chi connectivity index (χ2v) is 6.96. The molecule has 1 amide bonds. The lowest BCUT2D eigenvalue weighted by atomic mass is 9.97. The smallest absolute Gasteiger partial charge is 0.251 e. The second-order valence-electron chi connectivity index (χ2n) is 6.96. The first kappa shape index (κ1) is 17.2. The molecule has 26 heavy (non-hydrogen) atoms. The molecule has 1 heterocycles. The molecule has 0 bridgehead atoms. The second kappa shape index (κ2) is 7.56. The molecule has 1 aliphatic heterocycles. The molecular formula is C21H23FN2O2. The first-order chi connectivity index (χ1) is 12.7. The van der Waals surface area contributed by atoms with E-state index in [0.717, 1.165) is 17.7 Å². The number of hydrogen-bond acceptors (Lipinski definition) is 3. The van der Waals surface area contributed by atoms with Crippen LogP contribution in [-0.4, -0.2) is 36.1 Å². The van der Waals surface area contributed by atoms with Gasteiger partial charge in [-0.3, -0.25) is 9.69 Å². The van der Waals surface area contributed by atoms with E-state index >= 15 is 0 Å². The van der Waals surface area contributed by atoms with Gasteiger partial charge in [-0.2, -0.15) is 0 Å². The predicted molar refractivity (Wildman–Crippen MR) is 96.9 cm³/mol. The highest BCUT2D eigenvalue weighted by Crippen LogP contribution is 2.38. The number of rotatable bonds is 5. The molecular weight excluding hydrogens is 331 g/mol. The molecule has 4 nitrogen and oxygen atoms in total. The minimum absolute atomic E-state index is 0.0642. The van der Waals surface area contributed by atoms with Gasteiger partial charge >= 0.3 is 0 Å². The van der Waals surface area contributed by atoms with Gasteiger partial charge < -0.3 is 10.1 Å². The third-order valence-corrected chi connectivity index (χ3v) is 5.09. The first-order valence-corrected chi connectivity index (χ1v) is 9.17. The first-order valence-electron chi connectivity index (χ1n) is 9.17. The topological polar surface area (TPSA) is 41.6 Å². The van der Waals surface area contributed by atoms with Crippen LogP contribution in [0.1, 0.15) is 30.0 Å². The molecule has 1 saturated carbocycles. The van der Waals surface area contributed by atoms with Gasteiger partial charge in [-0.1, -0.05) is 42.5 Å². The van der Waals surface area contributed by atoms with Gasteiger partial charge in [-0.25, -0.2) is 4.39 Å². The fourth-order valence-electron chi connectivity index (χ4n) is 3.63. The van der Waals surface area contributed by atoms with Crippen molar-refractivity contribution in [3.05, 3.63) is 71.5 Å². The summed E-state index contributed by atoms with van der Waals surface area (Å²) in [5.41, 5.74) is 1.98. The van der Waals surface area contributed by atoms with Crippen LogP contribution in [0, 0.1) is 5.82 Å². The summed E-state index contributed by atoms with van der Waals surface area (Å²) >= 11 is 0. The summed E-state index contributed by atoms with van der Waals surface area (Å²) in [6.45, 7) is 1.78. The number of nitrogens with zero attached hydrogens (tertiary/aromatic N) is 1. The Morgan fingerprint density at radius 3 is 2.54 bits per heavy atom. The Balaban J connectivity index is 1.50. The summed E-state index contributed by atoms with van der Waals surface area (Å²) in [4.78, 5) is 15.3. The van der Waals surface area contributed by atoms with E-state index in [1.165, 1.54) is 25.0 Å². The maximum atomic E-state index is 13.0. The van der Waals surface area contributed by atoms with E-state index in [-0.39, 0.29) is 17.8 Å². The highest BCUT2D eigenvalue weighted by atomic mass is 19.1. The monoisotopic (exact) mass is 354 g/mol. The molecule has 0 radical (unpaired) electrons. The minimum atomic E-state index is -0.535. The Morgan fingerprint density at radius 1 is 1.12 bits per heavy atom. The number of morpholine rings is 1. The summed E-state index contributed by atoms with van der Waals surface area (Å²) in [5.74, 6) is -0.395. The van der Waals surface area contributed by atoms with Gasteiger partial charge in [0.1, 0.15) is 5.82 Å². The Hall–Kier alpha value is -2.24. The van der Waals surface area contributed by atoms with Crippen molar-refractivity contribution < 1.29 is 13.9 Å². The fourth-order valence-corrected chi connectivity index (χ4v) is 3.63. The number of benzene rings is 2. The summed E-state index contributed by atoms with van der Waals surface area (Å²) in [5, 5.41) is 2.95. The van der Waals surface area contributed by atoms with Gasteiger partial charge in [-0.05, 0) is 36.1 Å². The molecule has 4 rings (SSSR count). The third-order valence-electron chi connectivity index (χ3n) is 5.09. The molecule has 2 aromatic rings. The highest BCUT2D eigenvalue weighted by Gasteiger charge is 2.43. The van der Waals surface area contributed by atoms with Gasteiger partial charge in [0.25, 0.3) is 5.91 Å². The Labute approximate surface area is 153 Å². The molecule has 1 aliphatic carbocycles. The highest BCUT2D eigenvalue weighted by molar-refractivity contribution is 5.82. The molecule has 2 atom stereocenters. The maximum Gasteiger partial charge on any atom is 0.251 e. The Kier molecular flexibility index (Phi) is 5.00. The van der Waals surface area contributed by atoms with E-state index in [2.05, 4.69) is 22.3 Å². The SMILES string of the molecule is O=C(NCc1ccc(F)cc1)[C@@H]1OCCN(C2CC2)[C@H]1c1ccccc1. The zero-order valence-corrected chi connectivity index (χ0v) is 14.6. The van der Waals surface area contributed by atoms with E-state index in [4.69, 9.17) is 4.74 Å². The zero-order chi connectivity index (χ0) is 17.9. The average Bonchev–Trinajstić information content (AvgIpc) is 3.52. The van der Waals surface area contributed by atoms with Crippen LogP contribution < -0.4 is 5.32 Å². The van der Waals surface area contributed by atoms with Crippen LogP contribution >= 0.6 is 0 Å². The Morgan fingerprint density at radius 2 is 1.85 bits per heavy atom. The Bertz CT molecular complexity index is 746. The lowest BCUT2D eigenvalue weighted by Gasteiger charge is -2.41. The van der Waals surface area contributed by atoms with Crippen LogP contribution in [0.2, 0.25) is 0 Å². The van der Waals surface area contributed by atoms with Gasteiger partial charge in [0, 0.05) is 19.1 Å². The van der Waals surface area contributed by atoms with Gasteiger partial charge in [-0.15, -0.1) is 0 Å². The molecule has 0 unspecified atom stereocenters. The van der Waals surface area contributed by atoms with Crippen molar-refractivity contribution in [3.63, 3.8) is 0 Å². The van der Waals surface area contributed by atoms with Gasteiger partial charge in [0.2, 0.25) is 0 Å². The molecule has 2 fully saturated rings. The maximum absolute atomic E-state index is 13.0. The zero-order valence-electron chi connectivity index (χ0n) is 14.6. The van der Waals surface area contributed by atoms with Crippen molar-refractivity contribution in [1.82, 2.24) is 10.2 Å². The van der Waals surface area contributed by atoms with Crippen molar-refractivity contribution in [3.8, 4) is 0 Å². The van der Waals surface area contributed by atoms with E-state index in [9.17, 15) is 9.18 Å². The van der Waals surface area contributed by atoms with Crippen molar-refractivity contribution in [2.45, 2.75) is 37.6 Å². The molecule has 2 aromatic carbocycles. The number of ether oxygens (including phenoxy) is 1. The molecule has 0 aromatic heterocycles.